The molecule has 28 heavy (non-hydrogen) atoms. The van der Waals surface area contributed by atoms with Crippen LogP contribution in [0.3, 0.4) is 0 Å². The molecule has 1 atom stereocenters. The molecule has 2 aliphatic heterocycles. The fraction of sp³-hybridized carbons (Fsp3) is 0.667. The molecular weight excluding hydrogens is 383 g/mol. The van der Waals surface area contributed by atoms with Crippen LogP contribution in [0.4, 0.5) is 9.18 Å². The van der Waals surface area contributed by atoms with E-state index in [1.807, 2.05) is 27.8 Å². The maximum absolute atomic E-state index is 13.2. The van der Waals surface area contributed by atoms with Crippen LogP contribution >= 0.6 is 11.6 Å². The average molecular weight is 413 g/mol. The van der Waals surface area contributed by atoms with E-state index in [0.717, 1.165) is 24.8 Å². The zero-order valence-electron chi connectivity index (χ0n) is 17.1. The molecule has 7 heteroatoms. The molecule has 2 aliphatic rings. The maximum atomic E-state index is 13.2. The van der Waals surface area contributed by atoms with Crippen molar-refractivity contribution in [1.82, 2.24) is 9.80 Å². The Kier molecular flexibility index (Phi) is 6.23. The topological polar surface area (TPSA) is 42.0 Å². The van der Waals surface area contributed by atoms with E-state index in [0.29, 0.717) is 31.3 Å². The first kappa shape index (κ1) is 21.3. The summed E-state index contributed by atoms with van der Waals surface area (Å²) < 4.78 is 24.9. The van der Waals surface area contributed by atoms with Crippen LogP contribution in [-0.2, 0) is 16.0 Å². The molecule has 3 rings (SSSR count). The number of amides is 1. The van der Waals surface area contributed by atoms with Crippen molar-refractivity contribution in [3.63, 3.8) is 0 Å². The lowest BCUT2D eigenvalue weighted by Gasteiger charge is -2.39. The summed E-state index contributed by atoms with van der Waals surface area (Å²) in [6.45, 7) is 8.23. The molecule has 1 aromatic rings. The van der Waals surface area contributed by atoms with Gasteiger partial charge in [-0.3, -0.25) is 4.90 Å². The molecule has 156 valence electrons. The lowest BCUT2D eigenvalue weighted by Crippen LogP contribution is -2.48. The van der Waals surface area contributed by atoms with Crippen LogP contribution in [0.5, 0.6) is 0 Å². The molecule has 2 heterocycles. The van der Waals surface area contributed by atoms with E-state index in [1.165, 1.54) is 12.1 Å². The van der Waals surface area contributed by atoms with E-state index < -0.39 is 5.60 Å². The molecule has 0 bridgehead atoms. The SMILES string of the molecule is CN(Cc1ccc(F)cc1Cl)C1COC2(CCN(C(=O)OC(C)(C)C)CC2)C1. The summed E-state index contributed by atoms with van der Waals surface area (Å²) in [5.74, 6) is -0.323. The van der Waals surface area contributed by atoms with E-state index in [9.17, 15) is 9.18 Å². The van der Waals surface area contributed by atoms with Crippen LogP contribution < -0.4 is 0 Å². The van der Waals surface area contributed by atoms with Crippen molar-refractivity contribution in [2.75, 3.05) is 26.7 Å². The highest BCUT2D eigenvalue weighted by molar-refractivity contribution is 6.31. The number of halogens is 2. The number of carbonyl (C=O) groups excluding carboxylic acids is 1. The number of piperidine rings is 1. The minimum atomic E-state index is -0.481. The Morgan fingerprint density at radius 1 is 1.39 bits per heavy atom. The second-order valence-corrected chi connectivity index (χ2v) is 9.38. The highest BCUT2D eigenvalue weighted by Gasteiger charge is 2.45. The third kappa shape index (κ3) is 5.16. The number of carbonyl (C=O) groups is 1. The van der Waals surface area contributed by atoms with Crippen molar-refractivity contribution in [1.29, 1.82) is 0 Å². The van der Waals surface area contributed by atoms with Gasteiger partial charge in [-0.25, -0.2) is 9.18 Å². The number of benzene rings is 1. The second kappa shape index (κ2) is 8.17. The zero-order valence-corrected chi connectivity index (χ0v) is 17.9. The van der Waals surface area contributed by atoms with Gasteiger partial charge in [-0.1, -0.05) is 17.7 Å². The number of likely N-dealkylation sites (N-methyl/N-ethyl adjacent to an activating group) is 1. The molecule has 0 radical (unpaired) electrons. The molecule has 5 nitrogen and oxygen atoms in total. The predicted molar refractivity (Wildman–Crippen MR) is 107 cm³/mol. The largest absolute Gasteiger partial charge is 0.444 e. The Hall–Kier alpha value is -1.37. The summed E-state index contributed by atoms with van der Waals surface area (Å²) in [7, 11) is 2.04. The van der Waals surface area contributed by atoms with Crippen molar-refractivity contribution in [3.05, 3.63) is 34.6 Å². The highest BCUT2D eigenvalue weighted by Crippen LogP contribution is 2.38. The highest BCUT2D eigenvalue weighted by atomic mass is 35.5. The van der Waals surface area contributed by atoms with E-state index in [-0.39, 0.29) is 23.6 Å². The lowest BCUT2D eigenvalue weighted by atomic mass is 9.87. The average Bonchev–Trinajstić information content (AvgIpc) is 3.00. The third-order valence-corrected chi connectivity index (χ3v) is 5.93. The predicted octanol–water partition coefficient (Wildman–Crippen LogP) is 4.47. The Bertz CT molecular complexity index is 714. The molecule has 0 saturated carbocycles. The molecule has 1 amide bonds. The van der Waals surface area contributed by atoms with Crippen LogP contribution in [0, 0.1) is 5.82 Å². The van der Waals surface area contributed by atoms with Crippen LogP contribution in [0.15, 0.2) is 18.2 Å². The molecule has 2 saturated heterocycles. The summed E-state index contributed by atoms with van der Waals surface area (Å²) in [4.78, 5) is 16.3. The van der Waals surface area contributed by atoms with E-state index in [1.54, 1.807) is 11.0 Å². The van der Waals surface area contributed by atoms with Gasteiger partial charge in [0.1, 0.15) is 11.4 Å². The molecule has 1 spiro atoms. The Morgan fingerprint density at radius 2 is 2.07 bits per heavy atom. The second-order valence-electron chi connectivity index (χ2n) is 8.97. The smallest absolute Gasteiger partial charge is 0.410 e. The van der Waals surface area contributed by atoms with Gasteiger partial charge in [0.05, 0.1) is 12.2 Å². The van der Waals surface area contributed by atoms with E-state index in [4.69, 9.17) is 21.1 Å². The van der Waals surface area contributed by atoms with Gasteiger partial charge in [0.15, 0.2) is 0 Å². The molecule has 0 aromatic heterocycles. The monoisotopic (exact) mass is 412 g/mol. The normalized spacial score (nSPS) is 22.1. The van der Waals surface area contributed by atoms with Crippen LogP contribution in [-0.4, -0.2) is 59.9 Å². The molecule has 0 N–H and O–H groups in total. The first-order valence-corrected chi connectivity index (χ1v) is 10.2. The van der Waals surface area contributed by atoms with E-state index in [2.05, 4.69) is 4.90 Å². The fourth-order valence-corrected chi connectivity index (χ4v) is 4.15. The van der Waals surface area contributed by atoms with Gasteiger partial charge < -0.3 is 14.4 Å². The Morgan fingerprint density at radius 3 is 2.68 bits per heavy atom. The van der Waals surface area contributed by atoms with Crippen molar-refractivity contribution < 1.29 is 18.7 Å². The maximum Gasteiger partial charge on any atom is 0.410 e. The number of hydrogen-bond acceptors (Lipinski definition) is 4. The van der Waals surface area contributed by atoms with Gasteiger partial charge in [-0.15, -0.1) is 0 Å². The molecule has 1 unspecified atom stereocenters. The van der Waals surface area contributed by atoms with Crippen molar-refractivity contribution >= 4 is 17.7 Å². The first-order valence-electron chi connectivity index (χ1n) is 9.83. The summed E-state index contributed by atoms with van der Waals surface area (Å²) in [6.07, 6.45) is 2.30. The third-order valence-electron chi connectivity index (χ3n) is 5.57. The van der Waals surface area contributed by atoms with Gasteiger partial charge in [0.25, 0.3) is 0 Å². The number of rotatable bonds is 3. The zero-order chi connectivity index (χ0) is 20.5. The number of ether oxygens (including phenoxy) is 2. The first-order chi connectivity index (χ1) is 13.1. The van der Waals surface area contributed by atoms with Crippen molar-refractivity contribution in [2.45, 2.75) is 63.8 Å². The van der Waals surface area contributed by atoms with Crippen LogP contribution in [0.1, 0.15) is 45.6 Å². The molecular formula is C21H30ClFN2O3. The number of hydrogen-bond donors (Lipinski definition) is 0. The van der Waals surface area contributed by atoms with Crippen LogP contribution in [0.25, 0.3) is 0 Å². The van der Waals surface area contributed by atoms with Gasteiger partial charge >= 0.3 is 6.09 Å². The lowest BCUT2D eigenvalue weighted by molar-refractivity contribution is -0.0488. The van der Waals surface area contributed by atoms with E-state index >= 15 is 0 Å². The molecule has 0 aliphatic carbocycles. The number of likely N-dealkylation sites (tertiary alicyclic amines) is 1. The van der Waals surface area contributed by atoms with Crippen molar-refractivity contribution in [3.8, 4) is 0 Å². The quantitative estimate of drug-likeness (QED) is 0.734. The minimum Gasteiger partial charge on any atom is -0.444 e. The molecule has 1 aromatic carbocycles. The summed E-state index contributed by atoms with van der Waals surface area (Å²) >= 11 is 6.17. The Labute approximate surface area is 171 Å². The molecule has 2 fully saturated rings. The number of nitrogens with zero attached hydrogens (tertiary/aromatic N) is 2. The van der Waals surface area contributed by atoms with Gasteiger partial charge in [-0.05, 0) is 64.8 Å². The fourth-order valence-electron chi connectivity index (χ4n) is 3.92. The minimum absolute atomic E-state index is 0.177. The Balaban J connectivity index is 1.53. The standard InChI is InChI=1S/C21H30ClFN2O3/c1-20(2,3)28-19(26)25-9-7-21(8-10-25)12-17(14-27-21)24(4)13-15-5-6-16(23)11-18(15)22/h5-6,11,17H,7-10,12-14H2,1-4H3. The van der Waals surface area contributed by atoms with Crippen molar-refractivity contribution in [2.24, 2.45) is 0 Å². The van der Waals surface area contributed by atoms with Gasteiger partial charge in [0, 0.05) is 30.7 Å². The van der Waals surface area contributed by atoms with Gasteiger partial charge in [-0.2, -0.15) is 0 Å². The van der Waals surface area contributed by atoms with Gasteiger partial charge in [0.2, 0.25) is 0 Å². The summed E-state index contributed by atoms with van der Waals surface area (Å²) in [5, 5.41) is 0.450. The van der Waals surface area contributed by atoms with Crippen LogP contribution in [0.2, 0.25) is 5.02 Å². The summed E-state index contributed by atoms with van der Waals surface area (Å²) in [6, 6.07) is 4.80. The summed E-state index contributed by atoms with van der Waals surface area (Å²) in [5.41, 5.74) is 0.251.